The fourth-order valence-corrected chi connectivity index (χ4v) is 2.43. The van der Waals surface area contributed by atoms with Crippen molar-refractivity contribution in [1.29, 1.82) is 0 Å². The van der Waals surface area contributed by atoms with Gasteiger partial charge in [0.05, 0.1) is 0 Å². The van der Waals surface area contributed by atoms with Gasteiger partial charge in [-0.3, -0.25) is 4.99 Å². The molecule has 5 nitrogen and oxygen atoms in total. The third-order valence-corrected chi connectivity index (χ3v) is 3.92. The summed E-state index contributed by atoms with van der Waals surface area (Å²) >= 11 is 0. The van der Waals surface area contributed by atoms with E-state index in [9.17, 15) is 8.78 Å². The van der Waals surface area contributed by atoms with Gasteiger partial charge in [0.25, 0.3) is 0 Å². The molecule has 1 heterocycles. The summed E-state index contributed by atoms with van der Waals surface area (Å²) in [6, 6.07) is 15.9. The van der Waals surface area contributed by atoms with Crippen LogP contribution in [0, 0.1) is 11.6 Å². The van der Waals surface area contributed by atoms with Gasteiger partial charge in [0.15, 0.2) is 5.96 Å². The molecule has 0 spiro atoms. The molecule has 0 radical (unpaired) electrons. The summed E-state index contributed by atoms with van der Waals surface area (Å²) in [7, 11) is 1.65. The van der Waals surface area contributed by atoms with E-state index in [2.05, 4.69) is 20.6 Å². The molecule has 1 aromatic heterocycles. The molecule has 0 aliphatic rings. The van der Waals surface area contributed by atoms with Gasteiger partial charge in [-0.15, -0.1) is 0 Å². The van der Waals surface area contributed by atoms with Crippen LogP contribution in [0.15, 0.2) is 71.9 Å². The monoisotopic (exact) mass is 382 g/mol. The Morgan fingerprint density at radius 3 is 2.39 bits per heavy atom. The van der Waals surface area contributed by atoms with Gasteiger partial charge in [-0.1, -0.05) is 24.3 Å². The van der Waals surface area contributed by atoms with E-state index in [1.54, 1.807) is 37.5 Å². The van der Waals surface area contributed by atoms with Crippen LogP contribution < -0.4 is 15.4 Å². The third-order valence-electron chi connectivity index (χ3n) is 3.92. The van der Waals surface area contributed by atoms with Crippen LogP contribution in [-0.2, 0) is 13.1 Å². The number of nitrogens with zero attached hydrogens (tertiary/aromatic N) is 2. The number of hydrogen-bond donors (Lipinski definition) is 2. The van der Waals surface area contributed by atoms with Crippen LogP contribution in [0.3, 0.4) is 0 Å². The highest BCUT2D eigenvalue weighted by Gasteiger charge is 2.04. The summed E-state index contributed by atoms with van der Waals surface area (Å²) < 4.78 is 32.2. The first-order chi connectivity index (χ1) is 13.6. The molecule has 0 amide bonds. The van der Waals surface area contributed by atoms with Gasteiger partial charge in [-0.25, -0.2) is 13.8 Å². The van der Waals surface area contributed by atoms with Crippen molar-refractivity contribution in [2.45, 2.75) is 13.1 Å². The number of aromatic nitrogens is 1. The standard InChI is InChI=1S/C21H20F2N4O/c1-24-21(27-14-16-4-2-3-5-19(16)23)26-13-15-6-11-20(25-12-15)28-18-9-7-17(22)8-10-18/h2-12H,13-14H2,1H3,(H2,24,26,27). The van der Waals surface area contributed by atoms with E-state index in [0.29, 0.717) is 36.2 Å². The van der Waals surface area contributed by atoms with Crippen LogP contribution in [0.4, 0.5) is 8.78 Å². The number of rotatable bonds is 6. The van der Waals surface area contributed by atoms with Crippen molar-refractivity contribution >= 4 is 5.96 Å². The molecule has 144 valence electrons. The van der Waals surface area contributed by atoms with E-state index in [1.807, 2.05) is 6.07 Å². The van der Waals surface area contributed by atoms with Gasteiger partial charge in [0, 0.05) is 38.0 Å². The van der Waals surface area contributed by atoms with Crippen LogP contribution >= 0.6 is 0 Å². The number of hydrogen-bond acceptors (Lipinski definition) is 3. The van der Waals surface area contributed by atoms with Crippen LogP contribution in [0.2, 0.25) is 0 Å². The molecule has 0 atom stereocenters. The molecule has 3 rings (SSSR count). The normalized spacial score (nSPS) is 11.2. The van der Waals surface area contributed by atoms with Crippen molar-refractivity contribution < 1.29 is 13.5 Å². The Morgan fingerprint density at radius 2 is 1.71 bits per heavy atom. The number of nitrogens with one attached hydrogen (secondary N) is 2. The molecular weight excluding hydrogens is 362 g/mol. The Balaban J connectivity index is 1.50. The molecule has 2 aromatic carbocycles. The summed E-state index contributed by atoms with van der Waals surface area (Å²) in [4.78, 5) is 8.36. The SMILES string of the molecule is CN=C(NCc1ccc(Oc2ccc(F)cc2)nc1)NCc1ccccc1F. The highest BCUT2D eigenvalue weighted by Crippen LogP contribution is 2.19. The van der Waals surface area contributed by atoms with Gasteiger partial charge in [0.1, 0.15) is 17.4 Å². The highest BCUT2D eigenvalue weighted by molar-refractivity contribution is 5.79. The lowest BCUT2D eigenvalue weighted by Crippen LogP contribution is -2.36. The van der Waals surface area contributed by atoms with E-state index in [-0.39, 0.29) is 11.6 Å². The second kappa shape index (κ2) is 9.45. The molecule has 0 aliphatic carbocycles. The maximum absolute atomic E-state index is 13.7. The molecule has 2 N–H and O–H groups in total. The first-order valence-electron chi connectivity index (χ1n) is 8.70. The van der Waals surface area contributed by atoms with Gasteiger partial charge in [0.2, 0.25) is 5.88 Å². The van der Waals surface area contributed by atoms with Gasteiger partial charge in [-0.2, -0.15) is 0 Å². The van der Waals surface area contributed by atoms with Gasteiger partial charge < -0.3 is 15.4 Å². The molecule has 28 heavy (non-hydrogen) atoms. The molecule has 0 aliphatic heterocycles. The van der Waals surface area contributed by atoms with Gasteiger partial charge in [-0.05, 0) is 35.9 Å². The Kier molecular flexibility index (Phi) is 6.51. The van der Waals surface area contributed by atoms with Crippen molar-refractivity contribution in [3.05, 3.63) is 89.6 Å². The number of halogens is 2. The molecule has 3 aromatic rings. The first kappa shape index (κ1) is 19.3. The lowest BCUT2D eigenvalue weighted by atomic mass is 10.2. The van der Waals surface area contributed by atoms with Crippen LogP contribution in [0.5, 0.6) is 11.6 Å². The second-order valence-corrected chi connectivity index (χ2v) is 5.93. The van der Waals surface area contributed by atoms with Crippen LogP contribution in [0.1, 0.15) is 11.1 Å². The maximum Gasteiger partial charge on any atom is 0.219 e. The molecule has 0 unspecified atom stereocenters. The summed E-state index contributed by atoms with van der Waals surface area (Å²) in [6.45, 7) is 0.815. The minimum Gasteiger partial charge on any atom is -0.439 e. The second-order valence-electron chi connectivity index (χ2n) is 5.93. The summed E-state index contributed by atoms with van der Waals surface area (Å²) in [6.07, 6.45) is 1.68. The minimum absolute atomic E-state index is 0.258. The van der Waals surface area contributed by atoms with Gasteiger partial charge >= 0.3 is 0 Å². The molecule has 0 saturated carbocycles. The minimum atomic E-state index is -0.321. The topological polar surface area (TPSA) is 58.5 Å². The predicted octanol–water partition coefficient (Wildman–Crippen LogP) is 4.02. The van der Waals surface area contributed by atoms with Crippen molar-refractivity contribution in [2.24, 2.45) is 4.99 Å². The molecule has 0 saturated heterocycles. The number of aliphatic imine (C=N–C) groups is 1. The first-order valence-corrected chi connectivity index (χ1v) is 8.70. The van der Waals surface area contributed by atoms with E-state index in [4.69, 9.17) is 4.74 Å². The smallest absolute Gasteiger partial charge is 0.219 e. The van der Waals surface area contributed by atoms with E-state index in [0.717, 1.165) is 5.56 Å². The molecule has 0 fully saturated rings. The van der Waals surface area contributed by atoms with Crippen molar-refractivity contribution in [3.8, 4) is 11.6 Å². The number of ether oxygens (including phenoxy) is 1. The average Bonchev–Trinajstić information content (AvgIpc) is 2.72. The third kappa shape index (κ3) is 5.51. The fourth-order valence-electron chi connectivity index (χ4n) is 2.43. The number of benzene rings is 2. The van der Waals surface area contributed by atoms with Crippen molar-refractivity contribution in [1.82, 2.24) is 15.6 Å². The van der Waals surface area contributed by atoms with E-state index >= 15 is 0 Å². The number of guanidine groups is 1. The Morgan fingerprint density at radius 1 is 0.964 bits per heavy atom. The lowest BCUT2D eigenvalue weighted by molar-refractivity contribution is 0.461. The number of pyridine rings is 1. The zero-order valence-corrected chi connectivity index (χ0v) is 15.3. The van der Waals surface area contributed by atoms with Crippen LogP contribution in [-0.4, -0.2) is 18.0 Å². The van der Waals surface area contributed by atoms with Crippen molar-refractivity contribution in [2.75, 3.05) is 7.05 Å². The quantitative estimate of drug-likeness (QED) is 0.499. The zero-order chi connectivity index (χ0) is 19.8. The lowest BCUT2D eigenvalue weighted by Gasteiger charge is -2.12. The summed E-state index contributed by atoms with van der Waals surface area (Å²) in [5.74, 6) is 0.898. The summed E-state index contributed by atoms with van der Waals surface area (Å²) in [5.41, 5.74) is 1.48. The largest absolute Gasteiger partial charge is 0.439 e. The Bertz CT molecular complexity index is 928. The zero-order valence-electron chi connectivity index (χ0n) is 15.3. The Labute approximate surface area is 162 Å². The average molecular weight is 382 g/mol. The van der Waals surface area contributed by atoms with E-state index < -0.39 is 0 Å². The fraction of sp³-hybridized carbons (Fsp3) is 0.143. The molecule has 7 heteroatoms. The summed E-state index contributed by atoms with van der Waals surface area (Å²) in [5, 5.41) is 6.21. The molecular formula is C21H20F2N4O. The predicted molar refractivity (Wildman–Crippen MR) is 104 cm³/mol. The maximum atomic E-state index is 13.7. The van der Waals surface area contributed by atoms with E-state index in [1.165, 1.54) is 30.3 Å². The molecule has 0 bridgehead atoms. The van der Waals surface area contributed by atoms with Crippen molar-refractivity contribution in [3.63, 3.8) is 0 Å². The Hall–Kier alpha value is -3.48. The van der Waals surface area contributed by atoms with Crippen LogP contribution in [0.25, 0.3) is 0 Å². The highest BCUT2D eigenvalue weighted by atomic mass is 19.1.